The van der Waals surface area contributed by atoms with E-state index in [1.165, 1.54) is 31.3 Å². The van der Waals surface area contributed by atoms with Gasteiger partial charge in [0, 0.05) is 17.9 Å². The van der Waals surface area contributed by atoms with Crippen molar-refractivity contribution in [3.8, 4) is 0 Å². The Hall–Kier alpha value is -1.65. The average molecular weight is 469 g/mol. The second kappa shape index (κ2) is 10.1. The van der Waals surface area contributed by atoms with Crippen molar-refractivity contribution >= 4 is 5.97 Å². The van der Waals surface area contributed by atoms with Crippen molar-refractivity contribution in [3.63, 3.8) is 0 Å². The Bertz CT molecular complexity index is 882. The van der Waals surface area contributed by atoms with Crippen molar-refractivity contribution < 1.29 is 19.7 Å². The zero-order valence-electron chi connectivity index (χ0n) is 21.4. The molecule has 3 aliphatic carbocycles. The number of carbonyl (C=O) groups is 1. The summed E-state index contributed by atoms with van der Waals surface area (Å²) >= 11 is 0. The number of cyclic esters (lactones) is 1. The standard InChI is InChI=1S/C30H44O4/c1-6-8-24-20(4)29(33)34-28(24)15-18(2)25-12-13-26-21(9-7-14-30(25,26)5)10-11-22-16-23(31)17-27(32)19(22)3/h10-11,18,23-28,31-32H,3-4,6-9,12-17H2,1-2,5H3/b21-10+,22-11-/t18-,23-,24-,25-,26+,27+,28-,30-/m1/s1. The van der Waals surface area contributed by atoms with Crippen molar-refractivity contribution in [1.82, 2.24) is 0 Å². The van der Waals surface area contributed by atoms with E-state index in [1.807, 2.05) is 0 Å². The molecule has 1 saturated heterocycles. The molecule has 0 aromatic heterocycles. The second-order valence-electron chi connectivity index (χ2n) is 11.7. The molecular weight excluding hydrogens is 424 g/mol. The first-order valence-electron chi connectivity index (χ1n) is 13.5. The first-order chi connectivity index (χ1) is 16.2. The number of hydrogen-bond acceptors (Lipinski definition) is 4. The Balaban J connectivity index is 1.48. The van der Waals surface area contributed by atoms with E-state index in [2.05, 4.69) is 46.1 Å². The highest BCUT2D eigenvalue weighted by Gasteiger charge is 2.51. The van der Waals surface area contributed by atoms with Crippen molar-refractivity contribution in [2.75, 3.05) is 0 Å². The largest absolute Gasteiger partial charge is 0.458 e. The van der Waals surface area contributed by atoms with Crippen LogP contribution < -0.4 is 0 Å². The summed E-state index contributed by atoms with van der Waals surface area (Å²) in [7, 11) is 0. The zero-order valence-corrected chi connectivity index (χ0v) is 21.4. The lowest BCUT2D eigenvalue weighted by atomic mass is 9.60. The Morgan fingerprint density at radius 3 is 2.71 bits per heavy atom. The molecule has 0 aromatic rings. The maximum absolute atomic E-state index is 12.2. The minimum atomic E-state index is -0.640. The summed E-state index contributed by atoms with van der Waals surface area (Å²) in [6.07, 6.45) is 13.2. The van der Waals surface area contributed by atoms with Crippen molar-refractivity contribution in [1.29, 1.82) is 0 Å². The minimum absolute atomic E-state index is 0.0175. The van der Waals surface area contributed by atoms with E-state index < -0.39 is 12.2 Å². The van der Waals surface area contributed by atoms with Crippen LogP contribution in [0.1, 0.15) is 85.0 Å². The molecule has 4 fully saturated rings. The van der Waals surface area contributed by atoms with Gasteiger partial charge in [0.15, 0.2) is 0 Å². The molecule has 0 radical (unpaired) electrons. The minimum Gasteiger partial charge on any atom is -0.458 e. The van der Waals surface area contributed by atoms with E-state index in [1.54, 1.807) is 0 Å². The van der Waals surface area contributed by atoms with Gasteiger partial charge in [-0.15, -0.1) is 0 Å². The van der Waals surface area contributed by atoms with Crippen LogP contribution >= 0.6 is 0 Å². The molecule has 4 heteroatoms. The maximum atomic E-state index is 12.2. The summed E-state index contributed by atoms with van der Waals surface area (Å²) < 4.78 is 5.79. The predicted molar refractivity (Wildman–Crippen MR) is 136 cm³/mol. The van der Waals surface area contributed by atoms with Gasteiger partial charge < -0.3 is 14.9 Å². The number of aliphatic hydroxyl groups is 2. The van der Waals surface area contributed by atoms with Crippen LogP contribution in [-0.2, 0) is 9.53 Å². The molecule has 0 amide bonds. The molecule has 1 heterocycles. The van der Waals surface area contributed by atoms with Crippen molar-refractivity contribution in [3.05, 3.63) is 47.6 Å². The second-order valence-corrected chi connectivity index (χ2v) is 11.7. The normalized spacial score (nSPS) is 41.7. The van der Waals surface area contributed by atoms with Crippen molar-refractivity contribution in [2.24, 2.45) is 29.1 Å². The summed E-state index contributed by atoms with van der Waals surface area (Å²) in [4.78, 5) is 12.2. The molecule has 0 bridgehead atoms. The van der Waals surface area contributed by atoms with Gasteiger partial charge in [0.2, 0.25) is 0 Å². The van der Waals surface area contributed by atoms with Crippen LogP contribution in [0.4, 0.5) is 0 Å². The Morgan fingerprint density at radius 2 is 1.97 bits per heavy atom. The lowest BCUT2D eigenvalue weighted by Crippen LogP contribution is -2.37. The predicted octanol–water partition coefficient (Wildman–Crippen LogP) is 6.05. The van der Waals surface area contributed by atoms with Crippen LogP contribution in [0.5, 0.6) is 0 Å². The number of allylic oxidation sites excluding steroid dienone is 3. The third-order valence-corrected chi connectivity index (χ3v) is 9.61. The molecule has 8 atom stereocenters. The molecule has 1 aliphatic heterocycles. The van der Waals surface area contributed by atoms with Gasteiger partial charge in [-0.1, -0.05) is 58.1 Å². The highest BCUT2D eigenvalue weighted by molar-refractivity contribution is 5.90. The van der Waals surface area contributed by atoms with E-state index in [0.717, 1.165) is 36.8 Å². The molecule has 188 valence electrons. The van der Waals surface area contributed by atoms with Gasteiger partial charge in [-0.2, -0.15) is 0 Å². The van der Waals surface area contributed by atoms with Gasteiger partial charge in [0.25, 0.3) is 0 Å². The third-order valence-electron chi connectivity index (χ3n) is 9.61. The molecule has 0 spiro atoms. The van der Waals surface area contributed by atoms with E-state index in [9.17, 15) is 15.0 Å². The lowest BCUT2D eigenvalue weighted by molar-refractivity contribution is -0.140. The van der Waals surface area contributed by atoms with E-state index in [-0.39, 0.29) is 23.4 Å². The SMILES string of the molecule is C=C1C(=O)O[C@H](C[C@@H](C)[C@H]2CC[C@H]3/C(=C/C=C4/C[C@@H](O)C[C@H](O)C4=C)CCC[C@]23C)[C@@H]1CCC. The molecule has 2 N–H and O–H groups in total. The van der Waals surface area contributed by atoms with Crippen LogP contribution in [0.3, 0.4) is 0 Å². The van der Waals surface area contributed by atoms with Crippen LogP contribution in [0.2, 0.25) is 0 Å². The molecular formula is C30H44O4. The number of hydrogen-bond donors (Lipinski definition) is 2. The van der Waals surface area contributed by atoms with E-state index in [4.69, 9.17) is 4.74 Å². The Labute approximate surface area is 205 Å². The maximum Gasteiger partial charge on any atom is 0.334 e. The van der Waals surface area contributed by atoms with E-state index in [0.29, 0.717) is 36.2 Å². The van der Waals surface area contributed by atoms with Gasteiger partial charge in [-0.25, -0.2) is 4.79 Å². The average Bonchev–Trinajstić information content (AvgIpc) is 3.27. The van der Waals surface area contributed by atoms with Gasteiger partial charge >= 0.3 is 5.97 Å². The quantitative estimate of drug-likeness (QED) is 0.368. The number of fused-ring (bicyclic) bond motifs is 1. The highest BCUT2D eigenvalue weighted by atomic mass is 16.6. The van der Waals surface area contributed by atoms with Crippen molar-refractivity contribution in [2.45, 2.75) is 103 Å². The van der Waals surface area contributed by atoms with Crippen LogP contribution in [0.15, 0.2) is 47.6 Å². The summed E-state index contributed by atoms with van der Waals surface area (Å²) in [6, 6.07) is 0. The first kappa shape index (κ1) is 25.4. The van der Waals surface area contributed by atoms with Gasteiger partial charge in [-0.3, -0.25) is 0 Å². The number of esters is 1. The monoisotopic (exact) mass is 468 g/mol. The topological polar surface area (TPSA) is 66.8 Å². The fraction of sp³-hybridized carbons (Fsp3) is 0.700. The number of aliphatic hydroxyl groups excluding tert-OH is 2. The summed E-state index contributed by atoms with van der Waals surface area (Å²) in [5.74, 6) is 1.68. The zero-order chi connectivity index (χ0) is 24.6. The van der Waals surface area contributed by atoms with Crippen LogP contribution in [-0.4, -0.2) is 34.5 Å². The lowest BCUT2D eigenvalue weighted by Gasteiger charge is -2.44. The third kappa shape index (κ3) is 4.73. The molecule has 3 saturated carbocycles. The number of carbonyl (C=O) groups excluding carboxylic acids is 1. The molecule has 0 unspecified atom stereocenters. The van der Waals surface area contributed by atoms with E-state index >= 15 is 0 Å². The summed E-state index contributed by atoms with van der Waals surface area (Å²) in [6.45, 7) is 15.1. The van der Waals surface area contributed by atoms with Gasteiger partial charge in [0.1, 0.15) is 6.10 Å². The number of ether oxygens (including phenoxy) is 1. The Morgan fingerprint density at radius 1 is 1.21 bits per heavy atom. The molecule has 0 aromatic carbocycles. The molecule has 4 rings (SSSR count). The van der Waals surface area contributed by atoms with Crippen LogP contribution in [0.25, 0.3) is 0 Å². The summed E-state index contributed by atoms with van der Waals surface area (Å²) in [5.41, 5.74) is 4.20. The highest BCUT2D eigenvalue weighted by Crippen LogP contribution is 2.60. The molecule has 34 heavy (non-hydrogen) atoms. The first-order valence-corrected chi connectivity index (χ1v) is 13.5. The number of rotatable bonds is 6. The van der Waals surface area contributed by atoms with Gasteiger partial charge in [-0.05, 0) is 85.7 Å². The smallest absolute Gasteiger partial charge is 0.334 e. The molecule has 4 nitrogen and oxygen atoms in total. The van der Waals surface area contributed by atoms with Gasteiger partial charge in [0.05, 0.1) is 12.2 Å². The summed E-state index contributed by atoms with van der Waals surface area (Å²) in [5, 5.41) is 20.3. The fourth-order valence-corrected chi connectivity index (χ4v) is 7.76. The van der Waals surface area contributed by atoms with Crippen LogP contribution in [0, 0.1) is 29.1 Å². The Kier molecular flexibility index (Phi) is 7.59. The fourth-order valence-electron chi connectivity index (χ4n) is 7.76. The molecule has 4 aliphatic rings.